The molecule has 374 valence electrons. The van der Waals surface area contributed by atoms with E-state index < -0.39 is 5.41 Å². The van der Waals surface area contributed by atoms with E-state index in [-0.39, 0.29) is 0 Å². The number of para-hydroxylation sites is 3. The first kappa shape index (κ1) is 45.3. The fraction of sp³-hybridized carbons (Fsp3) is 0.0137. The second kappa shape index (κ2) is 17.1. The molecule has 0 saturated carbocycles. The lowest BCUT2D eigenvalue weighted by molar-refractivity contribution is 0.720. The zero-order chi connectivity index (χ0) is 53.5. The number of benzene rings is 10. The highest BCUT2D eigenvalue weighted by atomic mass is 32.2. The molecule has 15 aromatic rings. The Kier molecular flexibility index (Phi) is 9.56. The molecule has 10 aromatic carbocycles. The lowest BCUT2D eigenvalue weighted by Gasteiger charge is -2.40. The molecule has 0 atom stereocenters. The smallest absolute Gasteiger partial charge is 0.188 e. The third-order valence-corrected chi connectivity index (χ3v) is 18.3. The number of hydrogen-bond acceptors (Lipinski definition) is 4. The number of nitriles is 1. The van der Waals surface area contributed by atoms with Crippen LogP contribution in [0, 0.1) is 17.9 Å². The van der Waals surface area contributed by atoms with E-state index in [2.05, 4.69) is 231 Å². The molecule has 81 heavy (non-hydrogen) atoms. The van der Waals surface area contributed by atoms with Crippen molar-refractivity contribution < 1.29 is 0 Å². The molecular weight excluding hydrogens is 1010 g/mol. The Bertz CT molecular complexity index is 5200. The molecule has 6 heterocycles. The summed E-state index contributed by atoms with van der Waals surface area (Å²) in [5.74, 6) is 0. The first-order chi connectivity index (χ1) is 40.1. The molecule has 0 unspecified atom stereocenters. The van der Waals surface area contributed by atoms with Crippen LogP contribution in [0.3, 0.4) is 0 Å². The summed E-state index contributed by atoms with van der Waals surface area (Å²) in [4.78, 5) is 16.4. The van der Waals surface area contributed by atoms with Gasteiger partial charge in [-0.05, 0) is 177 Å². The van der Waals surface area contributed by atoms with Crippen LogP contribution in [-0.2, 0) is 5.41 Å². The van der Waals surface area contributed by atoms with Crippen LogP contribution < -0.4 is 0 Å². The SMILES string of the molecule is [C-]#[N+]c1ccc2c(c1)c1cc(-c3cccc4c3Sc3ccc(-c5ccc6c(c5)c5cc(C#N)ccc5n6-c5ccc(-n6c7ccccc7c7ccccc76)cc5)cc3C43c4cccnc4-c4ncccc43)ccc1n2-c1ccccc1. The standard InChI is InChI=1S/C73H41N7S/c1-75-48-26-34-68-58(42-48)57-40-47(24-33-67(57)78(68)49-12-3-2-4-13-49)52-16-9-17-61-72(52)81-69-35-25-46(41-62(69)73(61)59-18-10-36-76-70(59)71-60(73)19-11-37-77-71)45-23-32-66-56(39-45)55-38-44(43-74)22-31-65(55)80(66)51-29-27-50(28-30-51)79-63-20-7-5-14-53(63)54-15-6-8-21-64(54)79/h2-42H. The van der Waals surface area contributed by atoms with Crippen LogP contribution in [0.25, 0.3) is 121 Å². The highest BCUT2D eigenvalue weighted by Crippen LogP contribution is 2.63. The maximum absolute atomic E-state index is 10.3. The zero-order valence-corrected chi connectivity index (χ0v) is 44.0. The number of fused-ring (bicyclic) bond motifs is 18. The average molecular weight is 1050 g/mol. The molecule has 1 aliphatic carbocycles. The number of nitrogens with zero attached hydrogens (tertiary/aromatic N) is 7. The van der Waals surface area contributed by atoms with Crippen LogP contribution >= 0.6 is 11.8 Å². The van der Waals surface area contributed by atoms with Gasteiger partial charge in [-0.15, -0.1) is 0 Å². The fourth-order valence-electron chi connectivity index (χ4n) is 13.6. The van der Waals surface area contributed by atoms with Gasteiger partial charge in [0.25, 0.3) is 0 Å². The van der Waals surface area contributed by atoms with Gasteiger partial charge < -0.3 is 13.7 Å². The largest absolute Gasteiger partial charge is 0.309 e. The summed E-state index contributed by atoms with van der Waals surface area (Å²) >= 11 is 1.82. The van der Waals surface area contributed by atoms with Crippen molar-refractivity contribution in [3.05, 3.63) is 288 Å². The summed E-state index contributed by atoms with van der Waals surface area (Å²) in [6.45, 7) is 7.94. The predicted octanol–water partition coefficient (Wildman–Crippen LogP) is 18.4. The molecule has 0 radical (unpaired) electrons. The Morgan fingerprint density at radius 2 is 0.914 bits per heavy atom. The second-order valence-electron chi connectivity index (χ2n) is 21.1. The summed E-state index contributed by atoms with van der Waals surface area (Å²) in [6, 6.07) is 87.0. The van der Waals surface area contributed by atoms with Gasteiger partial charge >= 0.3 is 0 Å². The van der Waals surface area contributed by atoms with Gasteiger partial charge in [-0.2, -0.15) is 5.26 Å². The molecule has 2 aliphatic rings. The molecule has 8 heteroatoms. The summed E-state index contributed by atoms with van der Waals surface area (Å²) < 4.78 is 6.98. The maximum Gasteiger partial charge on any atom is 0.188 e. The van der Waals surface area contributed by atoms with E-state index in [1.165, 1.54) is 37.8 Å². The van der Waals surface area contributed by atoms with Crippen molar-refractivity contribution in [3.8, 4) is 56.8 Å². The minimum atomic E-state index is -0.750. The third kappa shape index (κ3) is 6.34. The number of rotatable bonds is 5. The van der Waals surface area contributed by atoms with Crippen LogP contribution in [0.4, 0.5) is 5.69 Å². The number of hydrogen-bond donors (Lipinski definition) is 0. The summed E-state index contributed by atoms with van der Waals surface area (Å²) in [5.41, 5.74) is 21.0. The van der Waals surface area contributed by atoms with Gasteiger partial charge in [-0.1, -0.05) is 121 Å². The van der Waals surface area contributed by atoms with Gasteiger partial charge in [0.05, 0.1) is 68.1 Å². The Hall–Kier alpha value is -10.8. The van der Waals surface area contributed by atoms with Crippen molar-refractivity contribution in [2.24, 2.45) is 0 Å². The molecule has 0 saturated heterocycles. The molecule has 17 rings (SSSR count). The fourth-order valence-corrected chi connectivity index (χ4v) is 14.9. The van der Waals surface area contributed by atoms with Crippen molar-refractivity contribution in [1.29, 1.82) is 5.26 Å². The first-order valence-electron chi connectivity index (χ1n) is 27.0. The molecule has 1 spiro atoms. The first-order valence-corrected chi connectivity index (χ1v) is 27.9. The highest BCUT2D eigenvalue weighted by molar-refractivity contribution is 7.99. The molecule has 0 fully saturated rings. The molecular formula is C73H41N7S. The van der Waals surface area contributed by atoms with Crippen molar-refractivity contribution in [2.75, 3.05) is 0 Å². The summed E-state index contributed by atoms with van der Waals surface area (Å²) in [7, 11) is 0. The van der Waals surface area contributed by atoms with E-state index in [0.29, 0.717) is 11.3 Å². The Morgan fingerprint density at radius 1 is 0.407 bits per heavy atom. The van der Waals surface area contributed by atoms with Crippen LogP contribution in [0.15, 0.2) is 259 Å². The third-order valence-electron chi connectivity index (χ3n) is 17.0. The van der Waals surface area contributed by atoms with Crippen molar-refractivity contribution in [3.63, 3.8) is 0 Å². The Balaban J connectivity index is 0.833. The van der Waals surface area contributed by atoms with Crippen LogP contribution in [0.5, 0.6) is 0 Å². The van der Waals surface area contributed by atoms with E-state index >= 15 is 0 Å². The van der Waals surface area contributed by atoms with Gasteiger partial charge in [0.2, 0.25) is 0 Å². The van der Waals surface area contributed by atoms with E-state index in [9.17, 15) is 5.26 Å². The maximum atomic E-state index is 10.3. The van der Waals surface area contributed by atoms with E-state index in [4.69, 9.17) is 16.5 Å². The number of aromatic nitrogens is 5. The quantitative estimate of drug-likeness (QED) is 0.161. The van der Waals surface area contributed by atoms with Crippen LogP contribution in [-0.4, -0.2) is 23.7 Å². The van der Waals surface area contributed by atoms with Crippen LogP contribution in [0.2, 0.25) is 0 Å². The minimum Gasteiger partial charge on any atom is -0.309 e. The van der Waals surface area contributed by atoms with Gasteiger partial charge in [0.1, 0.15) is 0 Å². The minimum absolute atomic E-state index is 0.615. The Labute approximate surface area is 469 Å². The number of pyridine rings is 2. The molecule has 1 aliphatic heterocycles. The monoisotopic (exact) mass is 1050 g/mol. The van der Waals surface area contributed by atoms with Crippen molar-refractivity contribution >= 4 is 82.9 Å². The van der Waals surface area contributed by atoms with E-state index in [1.807, 2.05) is 54.5 Å². The lowest BCUT2D eigenvalue weighted by atomic mass is 9.67. The highest BCUT2D eigenvalue weighted by Gasteiger charge is 2.52. The van der Waals surface area contributed by atoms with Crippen LogP contribution in [0.1, 0.15) is 27.8 Å². The molecule has 0 bridgehead atoms. The van der Waals surface area contributed by atoms with Gasteiger partial charge in [0.15, 0.2) is 5.69 Å². The van der Waals surface area contributed by atoms with Gasteiger partial charge in [-0.25, -0.2) is 4.85 Å². The zero-order valence-electron chi connectivity index (χ0n) is 43.2. The van der Waals surface area contributed by atoms with E-state index in [1.54, 1.807) is 0 Å². The molecule has 5 aromatic heterocycles. The van der Waals surface area contributed by atoms with Crippen molar-refractivity contribution in [2.45, 2.75) is 15.2 Å². The summed E-state index contributed by atoms with van der Waals surface area (Å²) in [5, 5.41) is 17.0. The average Bonchev–Trinajstić information content (AvgIpc) is 4.18. The van der Waals surface area contributed by atoms with Crippen molar-refractivity contribution in [1.82, 2.24) is 23.7 Å². The lowest BCUT2D eigenvalue weighted by Crippen LogP contribution is -2.32. The van der Waals surface area contributed by atoms with E-state index in [0.717, 1.165) is 110 Å². The normalized spacial score (nSPS) is 13.0. The molecule has 7 nitrogen and oxygen atoms in total. The molecule has 0 amide bonds. The predicted molar refractivity (Wildman–Crippen MR) is 328 cm³/mol. The molecule has 0 N–H and O–H groups in total. The van der Waals surface area contributed by atoms with Gasteiger partial charge in [-0.3, -0.25) is 9.97 Å². The second-order valence-corrected chi connectivity index (χ2v) is 22.1. The topological polar surface area (TPSA) is 68.7 Å². The van der Waals surface area contributed by atoms with Gasteiger partial charge in [0, 0.05) is 66.2 Å². The summed E-state index contributed by atoms with van der Waals surface area (Å²) in [6.07, 6.45) is 3.76. The Morgan fingerprint density at radius 3 is 1.56 bits per heavy atom.